The number of aromatic nitrogens is 1. The van der Waals surface area contributed by atoms with Crippen LogP contribution in [0, 0.1) is 17.3 Å². The molecule has 1 aromatic heterocycles. The molecule has 2 aliphatic heterocycles. The van der Waals surface area contributed by atoms with Crippen LogP contribution in [0.4, 0.5) is 0 Å². The van der Waals surface area contributed by atoms with Crippen LogP contribution in [0.25, 0.3) is 6.08 Å². The van der Waals surface area contributed by atoms with Gasteiger partial charge in [0.1, 0.15) is 11.9 Å². The Morgan fingerprint density at radius 1 is 1.26 bits per heavy atom. The summed E-state index contributed by atoms with van der Waals surface area (Å²) in [6, 6.07) is 5.44. The molecule has 0 bridgehead atoms. The summed E-state index contributed by atoms with van der Waals surface area (Å²) in [5.41, 5.74) is -1.03. The first-order chi connectivity index (χ1) is 17.9. The number of ketones is 1. The predicted molar refractivity (Wildman–Crippen MR) is 147 cm³/mol. The Morgan fingerprint density at radius 3 is 2.66 bits per heavy atom. The molecule has 2 aliphatic rings. The zero-order valence-electron chi connectivity index (χ0n) is 22.9. The van der Waals surface area contributed by atoms with Crippen molar-refractivity contribution in [3.05, 3.63) is 47.8 Å². The van der Waals surface area contributed by atoms with Gasteiger partial charge in [0.25, 0.3) is 0 Å². The van der Waals surface area contributed by atoms with Gasteiger partial charge in [0.2, 0.25) is 0 Å². The van der Waals surface area contributed by atoms with Gasteiger partial charge < -0.3 is 19.7 Å². The molecule has 2 fully saturated rings. The van der Waals surface area contributed by atoms with Crippen LogP contribution in [0.1, 0.15) is 78.3 Å². The first-order valence-electron chi connectivity index (χ1n) is 13.6. The molecule has 3 heterocycles. The van der Waals surface area contributed by atoms with Crippen molar-refractivity contribution in [2.75, 3.05) is 0 Å². The van der Waals surface area contributed by atoms with E-state index in [-0.39, 0.29) is 29.8 Å². The highest BCUT2D eigenvalue weighted by atomic mass is 35.5. The lowest BCUT2D eigenvalue weighted by atomic mass is 9.71. The SMILES string of the molecule is C=CCCC1C(=O)C(C)(C)C(O)CC(=O)OC(C(Cl)=Cc2ccccn2)CC2OC2(C)CCCC(C)C1O. The number of rotatable bonds is 5. The summed E-state index contributed by atoms with van der Waals surface area (Å²) in [7, 11) is 0. The summed E-state index contributed by atoms with van der Waals surface area (Å²) in [6.07, 6.45) is 5.21. The smallest absolute Gasteiger partial charge is 0.309 e. The van der Waals surface area contributed by atoms with Gasteiger partial charge in [-0.15, -0.1) is 6.58 Å². The Labute approximate surface area is 231 Å². The number of nitrogens with zero attached hydrogens (tertiary/aromatic N) is 1. The number of esters is 1. The summed E-state index contributed by atoms with van der Waals surface area (Å²) in [4.78, 5) is 30.9. The number of aliphatic hydroxyl groups excluding tert-OH is 2. The number of ether oxygens (including phenoxy) is 2. The topological polar surface area (TPSA) is 109 Å². The molecule has 8 heteroatoms. The quantitative estimate of drug-likeness (QED) is 0.295. The number of cyclic esters (lactones) is 1. The lowest BCUT2D eigenvalue weighted by Crippen LogP contribution is -2.46. The molecule has 2 saturated heterocycles. The fourth-order valence-electron chi connectivity index (χ4n) is 5.27. The van der Waals surface area contributed by atoms with Crippen molar-refractivity contribution >= 4 is 29.4 Å². The number of aliphatic hydroxyl groups is 2. The van der Waals surface area contributed by atoms with Gasteiger partial charge in [0, 0.05) is 18.5 Å². The van der Waals surface area contributed by atoms with Crippen molar-refractivity contribution in [1.29, 1.82) is 0 Å². The number of epoxide rings is 1. The Balaban J connectivity index is 1.88. The van der Waals surface area contributed by atoms with Crippen LogP contribution in [0.5, 0.6) is 0 Å². The Bertz CT molecular complexity index is 1010. The molecule has 210 valence electrons. The minimum Gasteiger partial charge on any atom is -0.456 e. The van der Waals surface area contributed by atoms with Crippen molar-refractivity contribution in [3.8, 4) is 0 Å². The van der Waals surface area contributed by atoms with E-state index >= 15 is 0 Å². The van der Waals surface area contributed by atoms with E-state index < -0.39 is 35.6 Å². The summed E-state index contributed by atoms with van der Waals surface area (Å²) in [5.74, 6) is -1.74. The van der Waals surface area contributed by atoms with Crippen molar-refractivity contribution < 1.29 is 29.3 Å². The van der Waals surface area contributed by atoms with Crippen LogP contribution in [0.3, 0.4) is 0 Å². The van der Waals surface area contributed by atoms with Gasteiger partial charge in [-0.05, 0) is 56.7 Å². The molecule has 0 aliphatic carbocycles. The van der Waals surface area contributed by atoms with Gasteiger partial charge in [-0.25, -0.2) is 0 Å². The van der Waals surface area contributed by atoms with E-state index in [2.05, 4.69) is 11.6 Å². The highest BCUT2D eigenvalue weighted by molar-refractivity contribution is 6.32. The molecule has 3 rings (SSSR count). The number of allylic oxidation sites excluding steroid dienone is 1. The lowest BCUT2D eigenvalue weighted by Gasteiger charge is -2.36. The van der Waals surface area contributed by atoms with Gasteiger partial charge >= 0.3 is 5.97 Å². The molecule has 2 N–H and O–H groups in total. The number of pyridine rings is 1. The normalized spacial score (nSPS) is 35.2. The standard InChI is InChI=1S/C30H42ClNO6/c1-6-7-13-21-27(35)19(2)11-10-14-30(5)25(38-30)17-23(22(31)16-20-12-8-9-15-32-20)37-26(34)18-24(33)29(3,4)28(21)36/h6,8-9,12,15-16,19,21,23-25,27,33,35H,1,7,10-11,13-14,17-18H2,2-5H3. The van der Waals surface area contributed by atoms with E-state index in [1.54, 1.807) is 44.3 Å². The highest BCUT2D eigenvalue weighted by Gasteiger charge is 2.53. The second-order valence-corrected chi connectivity index (χ2v) is 12.0. The summed E-state index contributed by atoms with van der Waals surface area (Å²) in [5, 5.41) is 22.5. The number of hydrogen-bond donors (Lipinski definition) is 2. The van der Waals surface area contributed by atoms with Crippen LogP contribution in [0.2, 0.25) is 0 Å². The number of hydrogen-bond acceptors (Lipinski definition) is 7. The zero-order valence-corrected chi connectivity index (χ0v) is 23.7. The third-order valence-electron chi connectivity index (χ3n) is 8.19. The summed E-state index contributed by atoms with van der Waals surface area (Å²) in [6.45, 7) is 11.0. The molecule has 7 atom stereocenters. The van der Waals surface area contributed by atoms with Crippen molar-refractivity contribution in [2.24, 2.45) is 17.3 Å². The van der Waals surface area contributed by atoms with Crippen LogP contribution in [-0.2, 0) is 19.1 Å². The summed E-state index contributed by atoms with van der Waals surface area (Å²) >= 11 is 6.64. The van der Waals surface area contributed by atoms with E-state index in [1.165, 1.54) is 0 Å². The number of carbonyl (C=O) groups is 2. The first-order valence-corrected chi connectivity index (χ1v) is 13.9. The number of Topliss-reactive ketones (excluding diaryl/α,β-unsaturated/α-hetero) is 1. The first kappa shape index (κ1) is 30.5. The predicted octanol–water partition coefficient (Wildman–Crippen LogP) is 5.23. The maximum Gasteiger partial charge on any atom is 0.309 e. The molecule has 0 amide bonds. The largest absolute Gasteiger partial charge is 0.456 e. The number of carbonyl (C=O) groups excluding carboxylic acids is 2. The molecule has 0 spiro atoms. The van der Waals surface area contributed by atoms with Gasteiger partial charge in [-0.1, -0.05) is 50.9 Å². The number of fused-ring (bicyclic) bond motifs is 1. The molecule has 38 heavy (non-hydrogen) atoms. The summed E-state index contributed by atoms with van der Waals surface area (Å²) < 4.78 is 11.8. The highest BCUT2D eigenvalue weighted by Crippen LogP contribution is 2.45. The molecule has 0 saturated carbocycles. The van der Waals surface area contributed by atoms with Crippen molar-refractivity contribution in [2.45, 2.75) is 103 Å². The average Bonchev–Trinajstić information content (AvgIpc) is 3.51. The molecule has 7 unspecified atom stereocenters. The van der Waals surface area contributed by atoms with E-state index in [4.69, 9.17) is 21.1 Å². The molecule has 0 radical (unpaired) electrons. The maximum atomic E-state index is 13.7. The molecular weight excluding hydrogens is 506 g/mol. The Kier molecular flexibility index (Phi) is 10.3. The van der Waals surface area contributed by atoms with Gasteiger partial charge in [-0.2, -0.15) is 0 Å². The minimum atomic E-state index is -1.30. The van der Waals surface area contributed by atoms with E-state index in [9.17, 15) is 19.8 Å². The van der Waals surface area contributed by atoms with Crippen LogP contribution >= 0.6 is 11.6 Å². The lowest BCUT2D eigenvalue weighted by molar-refractivity contribution is -0.154. The monoisotopic (exact) mass is 547 g/mol. The van der Waals surface area contributed by atoms with E-state index in [1.807, 2.05) is 19.9 Å². The minimum absolute atomic E-state index is 0.121. The Hall–Kier alpha value is -2.06. The molecule has 7 nitrogen and oxygen atoms in total. The Morgan fingerprint density at radius 2 is 2.00 bits per heavy atom. The average molecular weight is 548 g/mol. The molecule has 1 aromatic rings. The van der Waals surface area contributed by atoms with Crippen molar-refractivity contribution in [3.63, 3.8) is 0 Å². The van der Waals surface area contributed by atoms with Gasteiger partial charge in [0.05, 0.1) is 46.5 Å². The van der Waals surface area contributed by atoms with Crippen LogP contribution < -0.4 is 0 Å². The van der Waals surface area contributed by atoms with E-state index in [0.717, 1.165) is 19.3 Å². The maximum absolute atomic E-state index is 13.7. The molecule has 0 aromatic carbocycles. The van der Waals surface area contributed by atoms with E-state index in [0.29, 0.717) is 30.0 Å². The van der Waals surface area contributed by atoms with Crippen molar-refractivity contribution in [1.82, 2.24) is 4.98 Å². The molecular formula is C30H42ClNO6. The van der Waals surface area contributed by atoms with Gasteiger partial charge in [-0.3, -0.25) is 14.6 Å². The second kappa shape index (κ2) is 12.9. The zero-order chi connectivity index (χ0) is 28.1. The van der Waals surface area contributed by atoms with Crippen LogP contribution in [-0.4, -0.2) is 57.0 Å². The fraction of sp³-hybridized carbons (Fsp3) is 0.633. The third-order valence-corrected chi connectivity index (χ3v) is 8.55. The van der Waals surface area contributed by atoms with Gasteiger partial charge in [0.15, 0.2) is 0 Å². The number of halogens is 1. The second-order valence-electron chi connectivity index (χ2n) is 11.6. The van der Waals surface area contributed by atoms with Crippen LogP contribution in [0.15, 0.2) is 42.1 Å². The third kappa shape index (κ3) is 7.53. The fourth-order valence-corrected chi connectivity index (χ4v) is 5.52.